The number of aromatic nitrogens is 1. The third-order valence-corrected chi connectivity index (χ3v) is 7.80. The molecule has 1 aromatic heterocycles. The molecular formula is C28H33N5O3. The summed E-state index contributed by atoms with van der Waals surface area (Å²) in [4.78, 5) is 46.4. The Hall–Kier alpha value is -3.65. The van der Waals surface area contributed by atoms with E-state index in [4.69, 9.17) is 5.73 Å². The molecule has 1 fully saturated rings. The molecule has 3 aromatic rings. The van der Waals surface area contributed by atoms with Crippen molar-refractivity contribution in [3.63, 3.8) is 0 Å². The van der Waals surface area contributed by atoms with Gasteiger partial charge in [-0.05, 0) is 49.9 Å². The van der Waals surface area contributed by atoms with Crippen LogP contribution in [0.1, 0.15) is 48.2 Å². The first kappa shape index (κ1) is 24.1. The highest BCUT2D eigenvalue weighted by Crippen LogP contribution is 2.45. The second-order valence-electron chi connectivity index (χ2n) is 10.6. The van der Waals surface area contributed by atoms with E-state index in [9.17, 15) is 14.4 Å². The van der Waals surface area contributed by atoms with Crippen LogP contribution < -0.4 is 11.1 Å². The van der Waals surface area contributed by atoms with Gasteiger partial charge in [-0.25, -0.2) is 0 Å². The van der Waals surface area contributed by atoms with Gasteiger partial charge < -0.3 is 25.8 Å². The number of para-hydroxylation sites is 1. The van der Waals surface area contributed by atoms with Crippen LogP contribution in [-0.2, 0) is 21.5 Å². The molecule has 1 unspecified atom stereocenters. The lowest BCUT2D eigenvalue weighted by molar-refractivity contribution is -0.139. The summed E-state index contributed by atoms with van der Waals surface area (Å²) in [5.41, 5.74) is 8.26. The van der Waals surface area contributed by atoms with Crippen LogP contribution in [0.15, 0.2) is 54.7 Å². The molecule has 5 rings (SSSR count). The van der Waals surface area contributed by atoms with Crippen molar-refractivity contribution in [2.75, 3.05) is 20.1 Å². The molecule has 0 radical (unpaired) electrons. The van der Waals surface area contributed by atoms with Gasteiger partial charge in [-0.3, -0.25) is 14.4 Å². The maximum absolute atomic E-state index is 13.8. The molecule has 3 heterocycles. The number of likely N-dealkylation sites (tertiary alicyclic amines) is 1. The molecule has 2 aromatic carbocycles. The lowest BCUT2D eigenvalue weighted by Gasteiger charge is -2.44. The minimum absolute atomic E-state index is 0.0278. The number of nitrogens with zero attached hydrogens (tertiary/aromatic N) is 2. The Morgan fingerprint density at radius 1 is 1.11 bits per heavy atom. The van der Waals surface area contributed by atoms with Gasteiger partial charge in [-0.1, -0.05) is 36.4 Å². The van der Waals surface area contributed by atoms with Crippen molar-refractivity contribution in [3.8, 4) is 0 Å². The monoisotopic (exact) mass is 487 g/mol. The molecule has 8 heteroatoms. The number of benzene rings is 2. The Balaban J connectivity index is 1.38. The van der Waals surface area contributed by atoms with Gasteiger partial charge in [0.25, 0.3) is 5.91 Å². The van der Waals surface area contributed by atoms with E-state index in [0.29, 0.717) is 32.4 Å². The normalized spacial score (nSPS) is 17.9. The number of rotatable bonds is 5. The predicted molar refractivity (Wildman–Crippen MR) is 138 cm³/mol. The number of aromatic amines is 1. The summed E-state index contributed by atoms with van der Waals surface area (Å²) in [6.45, 7) is 4.25. The number of hydrogen-bond acceptors (Lipinski definition) is 4. The van der Waals surface area contributed by atoms with Crippen LogP contribution in [0.3, 0.4) is 0 Å². The summed E-state index contributed by atoms with van der Waals surface area (Å²) in [6, 6.07) is 14.9. The molecule has 1 saturated heterocycles. The highest BCUT2D eigenvalue weighted by Gasteiger charge is 2.49. The molecule has 0 saturated carbocycles. The number of piperidine rings is 1. The summed E-state index contributed by atoms with van der Waals surface area (Å²) >= 11 is 0. The zero-order valence-electron chi connectivity index (χ0n) is 21.0. The van der Waals surface area contributed by atoms with Gasteiger partial charge >= 0.3 is 0 Å². The van der Waals surface area contributed by atoms with E-state index in [-0.39, 0.29) is 17.7 Å². The molecule has 1 atom stereocenters. The molecule has 4 N–H and O–H groups in total. The lowest BCUT2D eigenvalue weighted by Crippen LogP contribution is -2.59. The zero-order valence-corrected chi connectivity index (χ0v) is 21.0. The molecule has 2 aliphatic heterocycles. The molecule has 36 heavy (non-hydrogen) atoms. The highest BCUT2D eigenvalue weighted by atomic mass is 16.2. The third-order valence-electron chi connectivity index (χ3n) is 7.80. The van der Waals surface area contributed by atoms with Crippen LogP contribution in [0, 0.1) is 0 Å². The van der Waals surface area contributed by atoms with Crippen molar-refractivity contribution in [3.05, 3.63) is 71.4 Å². The van der Waals surface area contributed by atoms with Crippen LogP contribution >= 0.6 is 0 Å². The van der Waals surface area contributed by atoms with Gasteiger partial charge in [-0.15, -0.1) is 0 Å². The van der Waals surface area contributed by atoms with E-state index in [1.165, 1.54) is 0 Å². The van der Waals surface area contributed by atoms with Crippen molar-refractivity contribution in [1.82, 2.24) is 20.1 Å². The van der Waals surface area contributed by atoms with Gasteiger partial charge in [0.15, 0.2) is 0 Å². The van der Waals surface area contributed by atoms with Gasteiger partial charge in [0, 0.05) is 49.2 Å². The van der Waals surface area contributed by atoms with E-state index in [2.05, 4.69) is 10.3 Å². The summed E-state index contributed by atoms with van der Waals surface area (Å²) in [7, 11) is 1.85. The van der Waals surface area contributed by atoms with E-state index >= 15 is 0 Å². The second-order valence-corrected chi connectivity index (χ2v) is 10.6. The highest BCUT2D eigenvalue weighted by molar-refractivity contribution is 6.00. The van der Waals surface area contributed by atoms with Gasteiger partial charge in [0.05, 0.1) is 11.1 Å². The third kappa shape index (κ3) is 3.95. The molecule has 188 valence electrons. The Bertz CT molecular complexity index is 1330. The number of carbonyl (C=O) groups is 3. The van der Waals surface area contributed by atoms with Crippen molar-refractivity contribution >= 4 is 28.6 Å². The Kier molecular flexibility index (Phi) is 5.87. The fourth-order valence-corrected chi connectivity index (χ4v) is 5.62. The van der Waals surface area contributed by atoms with Crippen LogP contribution in [-0.4, -0.2) is 64.2 Å². The van der Waals surface area contributed by atoms with Gasteiger partial charge in [0.2, 0.25) is 11.8 Å². The lowest BCUT2D eigenvalue weighted by atomic mass is 9.81. The van der Waals surface area contributed by atoms with E-state index < -0.39 is 17.1 Å². The first-order chi connectivity index (χ1) is 17.1. The molecule has 2 aliphatic rings. The Morgan fingerprint density at radius 3 is 2.50 bits per heavy atom. The average molecular weight is 488 g/mol. The van der Waals surface area contributed by atoms with Gasteiger partial charge in [0.1, 0.15) is 6.04 Å². The zero-order chi connectivity index (χ0) is 25.7. The van der Waals surface area contributed by atoms with Crippen molar-refractivity contribution in [1.29, 1.82) is 0 Å². The molecule has 1 spiro atoms. The number of H-pyrrole nitrogens is 1. The van der Waals surface area contributed by atoms with Crippen LogP contribution in [0.5, 0.6) is 0 Å². The van der Waals surface area contributed by atoms with Crippen LogP contribution in [0.4, 0.5) is 0 Å². The second kappa shape index (κ2) is 8.78. The summed E-state index contributed by atoms with van der Waals surface area (Å²) in [5, 5.41) is 3.94. The van der Waals surface area contributed by atoms with Crippen LogP contribution in [0.25, 0.3) is 10.9 Å². The van der Waals surface area contributed by atoms with Crippen molar-refractivity contribution in [2.24, 2.45) is 5.73 Å². The maximum Gasteiger partial charge on any atom is 0.254 e. The smallest absolute Gasteiger partial charge is 0.254 e. The minimum atomic E-state index is -1.11. The number of hydrogen-bond donors (Lipinski definition) is 3. The number of amides is 3. The molecule has 0 aliphatic carbocycles. The van der Waals surface area contributed by atoms with Crippen molar-refractivity contribution < 1.29 is 14.4 Å². The maximum atomic E-state index is 13.8. The van der Waals surface area contributed by atoms with E-state index in [1.807, 2.05) is 71.6 Å². The fourth-order valence-electron chi connectivity index (χ4n) is 5.62. The number of carbonyl (C=O) groups excluding carboxylic acids is 3. The summed E-state index contributed by atoms with van der Waals surface area (Å²) in [5.74, 6) is -0.475. The van der Waals surface area contributed by atoms with E-state index in [0.717, 1.165) is 27.6 Å². The predicted octanol–water partition coefficient (Wildman–Crippen LogP) is 2.54. The van der Waals surface area contributed by atoms with Crippen molar-refractivity contribution in [2.45, 2.75) is 50.2 Å². The first-order valence-corrected chi connectivity index (χ1v) is 12.4. The average Bonchev–Trinajstić information content (AvgIpc) is 3.37. The SMILES string of the molecule is CN1C(=O)c2ccccc2C12CCN(C(=O)C(Cc1c[nH]c3ccccc13)NC(=O)C(C)(C)N)CC2. The number of fused-ring (bicyclic) bond motifs is 3. The Morgan fingerprint density at radius 2 is 1.78 bits per heavy atom. The first-order valence-electron chi connectivity index (χ1n) is 12.4. The van der Waals surface area contributed by atoms with Gasteiger partial charge in [-0.2, -0.15) is 0 Å². The molecular weight excluding hydrogens is 454 g/mol. The largest absolute Gasteiger partial charge is 0.361 e. The molecule has 3 amide bonds. The minimum Gasteiger partial charge on any atom is -0.361 e. The molecule has 0 bridgehead atoms. The fraction of sp³-hybridized carbons (Fsp3) is 0.393. The summed E-state index contributed by atoms with van der Waals surface area (Å²) in [6.07, 6.45) is 3.54. The van der Waals surface area contributed by atoms with Crippen LogP contribution in [0.2, 0.25) is 0 Å². The standard InChI is InChI=1S/C28H33N5O3/c1-27(2,29)26(36)31-23(16-18-17-30-22-11-7-5-8-19(18)22)25(35)33-14-12-28(13-15-33)21-10-6-4-9-20(21)24(34)32(28)3/h4-11,17,23,30H,12-16,29H2,1-3H3,(H,31,36). The van der Waals surface area contributed by atoms with E-state index in [1.54, 1.807) is 13.8 Å². The quantitative estimate of drug-likeness (QED) is 0.513. The summed E-state index contributed by atoms with van der Waals surface area (Å²) < 4.78 is 0. The number of nitrogens with one attached hydrogen (secondary N) is 2. The number of nitrogens with two attached hydrogens (primary N) is 1. The Labute approximate surface area is 210 Å². The topological polar surface area (TPSA) is 112 Å². The molecule has 8 nitrogen and oxygen atoms in total.